The molecule has 0 aliphatic rings. The highest BCUT2D eigenvalue weighted by Gasteiger charge is 2.18. The second kappa shape index (κ2) is 8.43. The van der Waals surface area contributed by atoms with E-state index >= 15 is 0 Å². The number of esters is 1. The molecule has 0 bridgehead atoms. The van der Waals surface area contributed by atoms with Crippen molar-refractivity contribution in [3.63, 3.8) is 0 Å². The highest BCUT2D eigenvalue weighted by molar-refractivity contribution is 7.17. The van der Waals surface area contributed by atoms with Crippen LogP contribution in [0, 0.1) is 18.3 Å². The Labute approximate surface area is 148 Å². The minimum absolute atomic E-state index is 0.205. The van der Waals surface area contributed by atoms with Crippen LogP contribution >= 0.6 is 22.9 Å². The molecular weight excluding hydrogens is 350 g/mol. The molecule has 1 amide bonds. The summed E-state index contributed by atoms with van der Waals surface area (Å²) in [6, 6.07) is 9.07. The zero-order valence-electron chi connectivity index (χ0n) is 12.8. The molecule has 6 nitrogen and oxygen atoms in total. The molecule has 8 heteroatoms. The van der Waals surface area contributed by atoms with Crippen LogP contribution < -0.4 is 5.32 Å². The molecular formula is C16H14ClN3O3S. The number of aromatic nitrogens is 1. The van der Waals surface area contributed by atoms with Crippen LogP contribution in [0.3, 0.4) is 0 Å². The molecule has 0 unspecified atom stereocenters. The lowest BCUT2D eigenvalue weighted by atomic mass is 10.2. The molecule has 24 heavy (non-hydrogen) atoms. The monoisotopic (exact) mass is 363 g/mol. The number of thiazole rings is 1. The molecule has 0 atom stereocenters. The third-order valence-corrected chi connectivity index (χ3v) is 4.37. The minimum Gasteiger partial charge on any atom is -0.451 e. The molecule has 0 radical (unpaired) electrons. The van der Waals surface area contributed by atoms with Gasteiger partial charge >= 0.3 is 5.97 Å². The van der Waals surface area contributed by atoms with Gasteiger partial charge in [0, 0.05) is 17.1 Å². The summed E-state index contributed by atoms with van der Waals surface area (Å²) in [5, 5.41) is 12.1. The van der Waals surface area contributed by atoms with E-state index in [-0.39, 0.29) is 13.0 Å². The Hall–Kier alpha value is -2.43. The second-order valence-electron chi connectivity index (χ2n) is 4.78. The third-order valence-electron chi connectivity index (χ3n) is 2.95. The topological polar surface area (TPSA) is 92.1 Å². The highest BCUT2D eigenvalue weighted by Crippen LogP contribution is 2.29. The van der Waals surface area contributed by atoms with Gasteiger partial charge in [-0.05, 0) is 19.1 Å². The average molecular weight is 364 g/mol. The normalized spacial score (nSPS) is 10.0. The van der Waals surface area contributed by atoms with Crippen LogP contribution in [0.1, 0.15) is 21.8 Å². The van der Waals surface area contributed by atoms with E-state index in [4.69, 9.17) is 21.6 Å². The van der Waals surface area contributed by atoms with Crippen molar-refractivity contribution in [1.82, 2.24) is 10.3 Å². The van der Waals surface area contributed by atoms with Crippen molar-refractivity contribution in [3.8, 4) is 16.6 Å². The van der Waals surface area contributed by atoms with Gasteiger partial charge in [0.1, 0.15) is 9.88 Å². The van der Waals surface area contributed by atoms with E-state index in [1.165, 1.54) is 11.3 Å². The van der Waals surface area contributed by atoms with Crippen molar-refractivity contribution in [2.24, 2.45) is 0 Å². The van der Waals surface area contributed by atoms with Crippen molar-refractivity contribution < 1.29 is 14.3 Å². The molecule has 0 fully saturated rings. The SMILES string of the molecule is Cc1nc(-c2cccc(Cl)c2)sc1C(=O)OCC(=O)NCCC#N. The van der Waals surface area contributed by atoms with Crippen LogP contribution in [-0.2, 0) is 9.53 Å². The lowest BCUT2D eigenvalue weighted by Crippen LogP contribution is -2.29. The number of carbonyl (C=O) groups is 2. The number of amides is 1. The maximum atomic E-state index is 12.1. The Balaban J connectivity index is 2.01. The number of nitriles is 1. The summed E-state index contributed by atoms with van der Waals surface area (Å²) < 4.78 is 4.98. The maximum absolute atomic E-state index is 12.1. The number of aryl methyl sites for hydroxylation is 1. The number of ether oxygens (including phenoxy) is 1. The Morgan fingerprint density at radius 2 is 2.25 bits per heavy atom. The lowest BCUT2D eigenvalue weighted by molar-refractivity contribution is -0.124. The largest absolute Gasteiger partial charge is 0.451 e. The fourth-order valence-corrected chi connectivity index (χ4v) is 2.98. The first-order valence-corrected chi connectivity index (χ1v) is 8.25. The number of hydrogen-bond donors (Lipinski definition) is 1. The summed E-state index contributed by atoms with van der Waals surface area (Å²) in [7, 11) is 0. The predicted molar refractivity (Wildman–Crippen MR) is 90.8 cm³/mol. The van der Waals surface area contributed by atoms with Gasteiger partial charge < -0.3 is 10.1 Å². The molecule has 1 heterocycles. The zero-order chi connectivity index (χ0) is 17.5. The average Bonchev–Trinajstić information content (AvgIpc) is 2.95. The summed E-state index contributed by atoms with van der Waals surface area (Å²) >= 11 is 7.14. The number of halogens is 1. The molecule has 1 aromatic heterocycles. The lowest BCUT2D eigenvalue weighted by Gasteiger charge is -2.04. The van der Waals surface area contributed by atoms with Crippen LogP contribution in [0.15, 0.2) is 24.3 Å². The summed E-state index contributed by atoms with van der Waals surface area (Å²) in [6.07, 6.45) is 0.205. The Kier molecular flexibility index (Phi) is 6.29. The molecule has 2 aromatic rings. The zero-order valence-corrected chi connectivity index (χ0v) is 14.4. The Bertz CT molecular complexity index is 798. The molecule has 0 aliphatic heterocycles. The molecule has 1 aromatic carbocycles. The van der Waals surface area contributed by atoms with Crippen molar-refractivity contribution in [1.29, 1.82) is 5.26 Å². The fraction of sp³-hybridized carbons (Fsp3) is 0.250. The van der Waals surface area contributed by atoms with Crippen LogP contribution in [0.2, 0.25) is 5.02 Å². The highest BCUT2D eigenvalue weighted by atomic mass is 35.5. The van der Waals surface area contributed by atoms with E-state index < -0.39 is 18.5 Å². The van der Waals surface area contributed by atoms with E-state index in [9.17, 15) is 9.59 Å². The standard InChI is InChI=1S/C16H14ClN3O3S/c1-10-14(16(22)23-9-13(21)19-7-3-6-18)24-15(20-10)11-4-2-5-12(17)8-11/h2,4-5,8H,3,7,9H2,1H3,(H,19,21). The smallest absolute Gasteiger partial charge is 0.350 e. The van der Waals surface area contributed by atoms with E-state index in [0.29, 0.717) is 20.6 Å². The van der Waals surface area contributed by atoms with Crippen LogP contribution in [0.25, 0.3) is 10.6 Å². The van der Waals surface area contributed by atoms with E-state index in [1.54, 1.807) is 25.1 Å². The first-order chi connectivity index (χ1) is 11.5. The number of nitrogens with zero attached hydrogens (tertiary/aromatic N) is 2. The van der Waals surface area contributed by atoms with Gasteiger partial charge in [0.25, 0.3) is 5.91 Å². The molecule has 0 aliphatic carbocycles. The molecule has 2 rings (SSSR count). The quantitative estimate of drug-likeness (QED) is 0.629. The summed E-state index contributed by atoms with van der Waals surface area (Å²) in [4.78, 5) is 28.3. The van der Waals surface area contributed by atoms with Gasteiger partial charge in [0.15, 0.2) is 6.61 Å². The number of nitrogens with one attached hydrogen (secondary N) is 1. The number of carbonyl (C=O) groups excluding carboxylic acids is 2. The number of hydrogen-bond acceptors (Lipinski definition) is 6. The van der Waals surface area contributed by atoms with Gasteiger partial charge in [-0.15, -0.1) is 11.3 Å². The number of benzene rings is 1. The van der Waals surface area contributed by atoms with Crippen molar-refractivity contribution in [2.45, 2.75) is 13.3 Å². The molecule has 124 valence electrons. The third kappa shape index (κ3) is 4.78. The summed E-state index contributed by atoms with van der Waals surface area (Å²) in [6.45, 7) is 1.54. The molecule has 0 saturated carbocycles. The van der Waals surface area contributed by atoms with Crippen molar-refractivity contribution >= 4 is 34.8 Å². The predicted octanol–water partition coefficient (Wildman–Crippen LogP) is 2.96. The summed E-state index contributed by atoms with van der Waals surface area (Å²) in [5.41, 5.74) is 1.34. The Morgan fingerprint density at radius 1 is 1.46 bits per heavy atom. The van der Waals surface area contributed by atoms with Crippen molar-refractivity contribution in [2.75, 3.05) is 13.2 Å². The number of rotatable bonds is 6. The van der Waals surface area contributed by atoms with Crippen LogP contribution in [-0.4, -0.2) is 30.0 Å². The first-order valence-electron chi connectivity index (χ1n) is 7.05. The van der Waals surface area contributed by atoms with E-state index in [2.05, 4.69) is 10.3 Å². The van der Waals surface area contributed by atoms with Crippen molar-refractivity contribution in [3.05, 3.63) is 39.9 Å². The second-order valence-corrected chi connectivity index (χ2v) is 6.21. The van der Waals surface area contributed by atoms with Gasteiger partial charge in [-0.25, -0.2) is 9.78 Å². The Morgan fingerprint density at radius 3 is 2.96 bits per heavy atom. The van der Waals surface area contributed by atoms with Crippen LogP contribution in [0.4, 0.5) is 0 Å². The van der Waals surface area contributed by atoms with E-state index in [0.717, 1.165) is 5.56 Å². The van der Waals surface area contributed by atoms with Crippen LogP contribution in [0.5, 0.6) is 0 Å². The van der Waals surface area contributed by atoms with E-state index in [1.807, 2.05) is 12.1 Å². The maximum Gasteiger partial charge on any atom is 0.350 e. The fourth-order valence-electron chi connectivity index (χ4n) is 1.84. The van der Waals surface area contributed by atoms with Gasteiger partial charge in [0.2, 0.25) is 0 Å². The molecule has 1 N–H and O–H groups in total. The minimum atomic E-state index is -0.603. The van der Waals surface area contributed by atoms with Gasteiger partial charge in [-0.1, -0.05) is 23.7 Å². The molecule has 0 saturated heterocycles. The molecule has 0 spiro atoms. The van der Waals surface area contributed by atoms with Gasteiger partial charge in [-0.2, -0.15) is 5.26 Å². The summed E-state index contributed by atoms with van der Waals surface area (Å²) in [5.74, 6) is -1.05. The van der Waals surface area contributed by atoms with Gasteiger partial charge in [0.05, 0.1) is 18.2 Å². The van der Waals surface area contributed by atoms with Gasteiger partial charge in [-0.3, -0.25) is 4.79 Å². The first kappa shape index (κ1) is 17.9.